The number of rotatable bonds is 7. The van der Waals surface area contributed by atoms with Crippen molar-refractivity contribution in [3.8, 4) is 0 Å². The number of hydrogen-bond acceptors (Lipinski definition) is 3. The number of hydrogen-bond donors (Lipinski definition) is 0. The van der Waals surface area contributed by atoms with Crippen molar-refractivity contribution in [2.24, 2.45) is 5.92 Å². The van der Waals surface area contributed by atoms with Crippen LogP contribution in [0.25, 0.3) is 0 Å². The van der Waals surface area contributed by atoms with Crippen molar-refractivity contribution < 1.29 is 13.2 Å². The van der Waals surface area contributed by atoms with Gasteiger partial charge in [-0.3, -0.25) is 4.79 Å². The fraction of sp³-hybridized carbons (Fsp3) is 0.611. The molecule has 0 bridgehead atoms. The lowest BCUT2D eigenvalue weighted by Gasteiger charge is -2.33. The van der Waals surface area contributed by atoms with Gasteiger partial charge in [0.1, 0.15) is 0 Å². The van der Waals surface area contributed by atoms with E-state index in [9.17, 15) is 13.2 Å². The van der Waals surface area contributed by atoms with E-state index in [1.54, 1.807) is 24.3 Å². The molecule has 0 aromatic heterocycles. The van der Waals surface area contributed by atoms with E-state index in [-0.39, 0.29) is 17.7 Å². The summed E-state index contributed by atoms with van der Waals surface area (Å²) in [6.45, 7) is 6.43. The summed E-state index contributed by atoms with van der Waals surface area (Å²) in [5, 5.41) is 0. The number of benzene rings is 1. The summed E-state index contributed by atoms with van der Waals surface area (Å²) in [6.07, 6.45) is 4.37. The molecule has 1 aromatic rings. The smallest absolute Gasteiger partial charge is 0.254 e. The van der Waals surface area contributed by atoms with Crippen LogP contribution in [0.3, 0.4) is 0 Å². The van der Waals surface area contributed by atoms with E-state index >= 15 is 0 Å². The van der Waals surface area contributed by atoms with Crippen LogP contribution in [0.5, 0.6) is 0 Å². The summed E-state index contributed by atoms with van der Waals surface area (Å²) in [7, 11) is -3.10. The summed E-state index contributed by atoms with van der Waals surface area (Å²) < 4.78 is 22.9. The summed E-state index contributed by atoms with van der Waals surface area (Å²) in [6, 6.07) is 7.57. The zero-order valence-corrected chi connectivity index (χ0v) is 15.3. The average molecular weight is 337 g/mol. The van der Waals surface area contributed by atoms with E-state index in [4.69, 9.17) is 0 Å². The molecule has 1 amide bonds. The van der Waals surface area contributed by atoms with E-state index in [1.807, 2.05) is 4.90 Å². The highest BCUT2D eigenvalue weighted by molar-refractivity contribution is 7.89. The van der Waals surface area contributed by atoms with Gasteiger partial charge in [-0.25, -0.2) is 8.42 Å². The minimum absolute atomic E-state index is 0.0238. The van der Waals surface area contributed by atoms with Gasteiger partial charge in [0, 0.05) is 23.9 Å². The number of carbonyl (C=O) groups is 1. The van der Waals surface area contributed by atoms with Gasteiger partial charge >= 0.3 is 0 Å². The largest absolute Gasteiger partial charge is 0.333 e. The molecule has 1 aliphatic carbocycles. The second-order valence-corrected chi connectivity index (χ2v) is 8.98. The van der Waals surface area contributed by atoms with Crippen molar-refractivity contribution in [1.29, 1.82) is 0 Å². The first-order valence-electron chi connectivity index (χ1n) is 8.32. The lowest BCUT2D eigenvalue weighted by atomic mass is 9.98. The molecular formula is C18H27NO3S. The summed E-state index contributed by atoms with van der Waals surface area (Å²) in [5.41, 5.74) is 1.26. The van der Waals surface area contributed by atoms with Crippen LogP contribution in [-0.4, -0.2) is 37.6 Å². The van der Waals surface area contributed by atoms with E-state index in [2.05, 4.69) is 20.8 Å². The number of sulfone groups is 1. The van der Waals surface area contributed by atoms with Crippen LogP contribution in [0.2, 0.25) is 0 Å². The van der Waals surface area contributed by atoms with E-state index in [0.717, 1.165) is 19.3 Å². The van der Waals surface area contributed by atoms with Gasteiger partial charge in [0.25, 0.3) is 5.91 Å². The maximum Gasteiger partial charge on any atom is 0.254 e. The molecule has 2 atom stereocenters. The van der Waals surface area contributed by atoms with E-state index in [0.29, 0.717) is 23.1 Å². The molecule has 1 aromatic carbocycles. The Kier molecular flexibility index (Phi) is 5.50. The van der Waals surface area contributed by atoms with Crippen molar-refractivity contribution in [2.45, 2.75) is 57.9 Å². The van der Waals surface area contributed by atoms with Gasteiger partial charge in [0.2, 0.25) is 0 Å². The highest BCUT2D eigenvalue weighted by atomic mass is 32.2. The van der Waals surface area contributed by atoms with Gasteiger partial charge in [-0.2, -0.15) is 0 Å². The van der Waals surface area contributed by atoms with E-state index in [1.165, 1.54) is 6.26 Å². The van der Waals surface area contributed by atoms with Crippen LogP contribution in [0.15, 0.2) is 24.3 Å². The Morgan fingerprint density at radius 1 is 1.30 bits per heavy atom. The highest BCUT2D eigenvalue weighted by Crippen LogP contribution is 2.32. The van der Waals surface area contributed by atoms with Crippen LogP contribution in [-0.2, 0) is 15.6 Å². The number of nitrogens with zero attached hydrogens (tertiary/aromatic N) is 1. The average Bonchev–Trinajstić information content (AvgIpc) is 3.29. The van der Waals surface area contributed by atoms with Crippen molar-refractivity contribution in [3.63, 3.8) is 0 Å². The predicted molar refractivity (Wildman–Crippen MR) is 93.1 cm³/mol. The Bertz CT molecular complexity index is 665. The summed E-state index contributed by atoms with van der Waals surface area (Å²) in [5.74, 6) is 0.438. The molecule has 0 aliphatic heterocycles. The van der Waals surface area contributed by atoms with Crippen LogP contribution < -0.4 is 0 Å². The zero-order valence-electron chi connectivity index (χ0n) is 14.5. The molecule has 0 saturated heterocycles. The van der Waals surface area contributed by atoms with Gasteiger partial charge in [0.05, 0.1) is 5.75 Å². The molecule has 4 nitrogen and oxygen atoms in total. The van der Waals surface area contributed by atoms with Gasteiger partial charge in [-0.05, 0) is 43.4 Å². The SMILES string of the molecule is CC[C@@H](C)[C@@H](C)N(C(=O)c1cccc(CS(C)(=O)=O)c1)C1CC1. The molecule has 0 N–H and O–H groups in total. The molecule has 0 heterocycles. The lowest BCUT2D eigenvalue weighted by molar-refractivity contribution is 0.0615. The van der Waals surface area contributed by atoms with Crippen LogP contribution >= 0.6 is 0 Å². The third-order valence-corrected chi connectivity index (χ3v) is 5.54. The third-order valence-electron chi connectivity index (χ3n) is 4.68. The van der Waals surface area contributed by atoms with Crippen molar-refractivity contribution >= 4 is 15.7 Å². The molecule has 0 radical (unpaired) electrons. The maximum absolute atomic E-state index is 13.0. The number of amides is 1. The Morgan fingerprint density at radius 3 is 2.48 bits per heavy atom. The van der Waals surface area contributed by atoms with Crippen molar-refractivity contribution in [2.75, 3.05) is 6.26 Å². The van der Waals surface area contributed by atoms with Gasteiger partial charge in [0.15, 0.2) is 9.84 Å². The first-order valence-corrected chi connectivity index (χ1v) is 10.4. The van der Waals surface area contributed by atoms with Crippen LogP contribution in [0, 0.1) is 5.92 Å². The molecule has 0 unspecified atom stereocenters. The second-order valence-electron chi connectivity index (χ2n) is 6.84. The molecule has 2 rings (SSSR count). The predicted octanol–water partition coefficient (Wildman–Crippen LogP) is 3.27. The minimum atomic E-state index is -3.10. The maximum atomic E-state index is 13.0. The Balaban J connectivity index is 2.25. The fourth-order valence-electron chi connectivity index (χ4n) is 2.90. The first-order chi connectivity index (χ1) is 10.7. The molecule has 1 aliphatic rings. The number of carbonyl (C=O) groups excluding carboxylic acids is 1. The minimum Gasteiger partial charge on any atom is -0.333 e. The standard InChI is InChI=1S/C18H27NO3S/c1-5-13(2)14(3)19(17-9-10-17)18(20)16-8-6-7-15(11-16)12-23(4,21)22/h6-8,11,13-14,17H,5,9-10,12H2,1-4H3/t13-,14-/m1/s1. The molecule has 1 fully saturated rings. The molecule has 23 heavy (non-hydrogen) atoms. The quantitative estimate of drug-likeness (QED) is 0.767. The molecule has 1 saturated carbocycles. The molecule has 128 valence electrons. The molecule has 5 heteroatoms. The fourth-order valence-corrected chi connectivity index (χ4v) is 3.68. The van der Waals surface area contributed by atoms with Gasteiger partial charge in [-0.1, -0.05) is 32.4 Å². The first kappa shape index (κ1) is 18.0. The Hall–Kier alpha value is -1.36. The third kappa shape index (κ3) is 4.80. The Labute approximate surface area is 139 Å². The second kappa shape index (κ2) is 7.04. The zero-order chi connectivity index (χ0) is 17.2. The lowest BCUT2D eigenvalue weighted by Crippen LogP contribution is -2.43. The normalized spacial score (nSPS) is 17.6. The van der Waals surface area contributed by atoms with Crippen LogP contribution in [0.1, 0.15) is 56.0 Å². The summed E-state index contributed by atoms with van der Waals surface area (Å²) >= 11 is 0. The Morgan fingerprint density at radius 2 is 1.96 bits per heavy atom. The topological polar surface area (TPSA) is 54.5 Å². The highest BCUT2D eigenvalue weighted by Gasteiger charge is 2.37. The van der Waals surface area contributed by atoms with Crippen LogP contribution in [0.4, 0.5) is 0 Å². The van der Waals surface area contributed by atoms with Gasteiger partial charge < -0.3 is 4.90 Å². The molecule has 0 spiro atoms. The monoisotopic (exact) mass is 337 g/mol. The molecular weight excluding hydrogens is 310 g/mol. The van der Waals surface area contributed by atoms with Crippen molar-refractivity contribution in [1.82, 2.24) is 4.90 Å². The van der Waals surface area contributed by atoms with Crippen molar-refractivity contribution in [3.05, 3.63) is 35.4 Å². The summed E-state index contributed by atoms with van der Waals surface area (Å²) in [4.78, 5) is 15.0. The van der Waals surface area contributed by atoms with E-state index < -0.39 is 9.84 Å². The van der Waals surface area contributed by atoms with Gasteiger partial charge in [-0.15, -0.1) is 0 Å².